The molecule has 9 heteroatoms. The monoisotopic (exact) mass is 502 g/mol. The number of likely N-dealkylation sites (tertiary alicyclic amines) is 1. The highest BCUT2D eigenvalue weighted by molar-refractivity contribution is 9.10. The molecule has 1 fully saturated rings. The van der Waals surface area contributed by atoms with E-state index in [2.05, 4.69) is 15.9 Å². The number of carbonyl (C=O) groups is 2. The standard InChI is InChI=1S/C23H23BrN2O6/c1-14(2)32-13-5-12-25-20(17-6-3-4-7-18(17)26(30)31)19(22(28)23(25)29)21(27)15-8-10-16(24)11-9-15/h3-4,6-11,14,20,27H,5,12-13H2,1-2H3/t20-/m1/s1. The van der Waals surface area contributed by atoms with Crippen LogP contribution in [0.5, 0.6) is 0 Å². The molecule has 2 aromatic rings. The fourth-order valence-corrected chi connectivity index (χ4v) is 3.90. The number of nitro groups is 1. The normalized spacial score (nSPS) is 17.9. The van der Waals surface area contributed by atoms with E-state index in [0.29, 0.717) is 18.6 Å². The Morgan fingerprint density at radius 1 is 1.19 bits per heavy atom. The van der Waals surface area contributed by atoms with Gasteiger partial charge in [-0.05, 0) is 38.5 Å². The van der Waals surface area contributed by atoms with Gasteiger partial charge in [-0.25, -0.2) is 0 Å². The van der Waals surface area contributed by atoms with Gasteiger partial charge in [0.05, 0.1) is 28.2 Å². The lowest BCUT2D eigenvalue weighted by Crippen LogP contribution is -2.31. The van der Waals surface area contributed by atoms with Crippen LogP contribution in [-0.4, -0.2) is 45.9 Å². The van der Waals surface area contributed by atoms with E-state index in [4.69, 9.17) is 4.74 Å². The Kier molecular flexibility index (Phi) is 7.42. The van der Waals surface area contributed by atoms with E-state index >= 15 is 0 Å². The Hall–Kier alpha value is -3.04. The summed E-state index contributed by atoms with van der Waals surface area (Å²) in [7, 11) is 0. The smallest absolute Gasteiger partial charge is 0.295 e. The van der Waals surface area contributed by atoms with Crippen LogP contribution >= 0.6 is 15.9 Å². The third-order valence-corrected chi connectivity index (χ3v) is 5.61. The molecule has 168 valence electrons. The molecule has 2 aromatic carbocycles. The van der Waals surface area contributed by atoms with Crippen molar-refractivity contribution in [3.8, 4) is 0 Å². The van der Waals surface area contributed by atoms with Crippen molar-refractivity contribution in [2.45, 2.75) is 32.4 Å². The summed E-state index contributed by atoms with van der Waals surface area (Å²) in [6.07, 6.45) is 0.439. The number of amides is 1. The largest absolute Gasteiger partial charge is 0.507 e. The fourth-order valence-electron chi connectivity index (χ4n) is 3.64. The molecule has 0 bridgehead atoms. The summed E-state index contributed by atoms with van der Waals surface area (Å²) in [6, 6.07) is 11.4. The van der Waals surface area contributed by atoms with Crippen LogP contribution in [0.2, 0.25) is 0 Å². The highest BCUT2D eigenvalue weighted by atomic mass is 79.9. The number of nitro benzene ring substituents is 1. The third kappa shape index (κ3) is 4.89. The summed E-state index contributed by atoms with van der Waals surface area (Å²) in [5, 5.41) is 22.7. The number of halogens is 1. The number of carbonyl (C=O) groups excluding carboxylic acids is 2. The number of hydrogen-bond donors (Lipinski definition) is 1. The van der Waals surface area contributed by atoms with Crippen LogP contribution in [-0.2, 0) is 14.3 Å². The van der Waals surface area contributed by atoms with Crippen LogP contribution in [0.1, 0.15) is 37.4 Å². The highest BCUT2D eigenvalue weighted by Crippen LogP contribution is 2.42. The molecular weight excluding hydrogens is 480 g/mol. The third-order valence-electron chi connectivity index (χ3n) is 5.08. The molecule has 0 radical (unpaired) electrons. The molecule has 1 aliphatic heterocycles. The van der Waals surface area contributed by atoms with Crippen molar-refractivity contribution < 1.29 is 24.4 Å². The molecule has 1 aliphatic rings. The van der Waals surface area contributed by atoms with Crippen molar-refractivity contribution in [3.63, 3.8) is 0 Å². The van der Waals surface area contributed by atoms with Crippen molar-refractivity contribution in [1.29, 1.82) is 0 Å². The molecule has 0 unspecified atom stereocenters. The molecule has 0 aromatic heterocycles. The topological polar surface area (TPSA) is 110 Å². The summed E-state index contributed by atoms with van der Waals surface area (Å²) in [5.41, 5.74) is 0.0963. The summed E-state index contributed by atoms with van der Waals surface area (Å²) in [4.78, 5) is 38.3. The van der Waals surface area contributed by atoms with Gasteiger partial charge in [-0.2, -0.15) is 0 Å². The van der Waals surface area contributed by atoms with E-state index in [1.54, 1.807) is 30.3 Å². The molecule has 0 aliphatic carbocycles. The van der Waals surface area contributed by atoms with Gasteiger partial charge in [0, 0.05) is 29.3 Å². The zero-order valence-corrected chi connectivity index (χ0v) is 19.2. The summed E-state index contributed by atoms with van der Waals surface area (Å²) in [6.45, 7) is 4.28. The molecule has 32 heavy (non-hydrogen) atoms. The van der Waals surface area contributed by atoms with Crippen molar-refractivity contribution in [1.82, 2.24) is 4.90 Å². The predicted molar refractivity (Wildman–Crippen MR) is 122 cm³/mol. The predicted octanol–water partition coefficient (Wildman–Crippen LogP) is 4.59. The van der Waals surface area contributed by atoms with E-state index in [0.717, 1.165) is 4.47 Å². The van der Waals surface area contributed by atoms with E-state index in [9.17, 15) is 24.8 Å². The minimum atomic E-state index is -1.08. The van der Waals surface area contributed by atoms with Gasteiger partial charge in [-0.3, -0.25) is 19.7 Å². The van der Waals surface area contributed by atoms with Crippen molar-refractivity contribution >= 4 is 39.1 Å². The SMILES string of the molecule is CC(C)OCCCN1C(=O)C(=O)C(=C(O)c2ccc(Br)cc2)[C@H]1c1ccccc1[N+](=O)[O-]. The van der Waals surface area contributed by atoms with Gasteiger partial charge in [-0.1, -0.05) is 40.2 Å². The molecule has 8 nitrogen and oxygen atoms in total. The van der Waals surface area contributed by atoms with Crippen LogP contribution in [0, 0.1) is 10.1 Å². The first kappa shape index (κ1) is 23.6. The maximum absolute atomic E-state index is 13.0. The van der Waals surface area contributed by atoms with Crippen LogP contribution in [0.3, 0.4) is 0 Å². The minimum Gasteiger partial charge on any atom is -0.507 e. The molecule has 1 amide bonds. The lowest BCUT2D eigenvalue weighted by Gasteiger charge is -2.25. The van der Waals surface area contributed by atoms with E-state index in [-0.39, 0.29) is 35.2 Å². The number of aliphatic hydroxyl groups is 1. The van der Waals surface area contributed by atoms with E-state index in [1.165, 1.54) is 23.1 Å². The molecule has 0 saturated carbocycles. The van der Waals surface area contributed by atoms with Crippen LogP contribution in [0.15, 0.2) is 58.6 Å². The lowest BCUT2D eigenvalue weighted by atomic mass is 9.94. The summed E-state index contributed by atoms with van der Waals surface area (Å²) >= 11 is 3.31. The van der Waals surface area contributed by atoms with E-state index < -0.39 is 22.7 Å². The van der Waals surface area contributed by atoms with Gasteiger partial charge in [0.2, 0.25) is 0 Å². The zero-order valence-electron chi connectivity index (χ0n) is 17.7. The molecule has 0 spiro atoms. The number of benzene rings is 2. The van der Waals surface area contributed by atoms with E-state index in [1.807, 2.05) is 13.8 Å². The first-order valence-electron chi connectivity index (χ1n) is 10.1. The number of aliphatic hydroxyl groups excluding tert-OH is 1. The Morgan fingerprint density at radius 2 is 1.84 bits per heavy atom. The number of nitrogens with zero attached hydrogens (tertiary/aromatic N) is 2. The Morgan fingerprint density at radius 3 is 2.47 bits per heavy atom. The Bertz CT molecular complexity index is 1060. The molecule has 1 N–H and O–H groups in total. The molecule has 1 heterocycles. The van der Waals surface area contributed by atoms with Crippen molar-refractivity contribution in [2.75, 3.05) is 13.2 Å². The lowest BCUT2D eigenvalue weighted by molar-refractivity contribution is -0.385. The first-order valence-corrected chi connectivity index (χ1v) is 10.9. The number of para-hydroxylation sites is 1. The second-order valence-corrected chi connectivity index (χ2v) is 8.50. The average Bonchev–Trinajstić information content (AvgIpc) is 3.01. The number of ether oxygens (including phenoxy) is 1. The molecule has 1 saturated heterocycles. The van der Waals surface area contributed by atoms with Crippen molar-refractivity contribution in [2.24, 2.45) is 0 Å². The van der Waals surface area contributed by atoms with Crippen LogP contribution < -0.4 is 0 Å². The highest BCUT2D eigenvalue weighted by Gasteiger charge is 2.47. The van der Waals surface area contributed by atoms with Gasteiger partial charge in [0.1, 0.15) is 5.76 Å². The second-order valence-electron chi connectivity index (χ2n) is 7.59. The van der Waals surface area contributed by atoms with Gasteiger partial charge in [-0.15, -0.1) is 0 Å². The summed E-state index contributed by atoms with van der Waals surface area (Å²) in [5.74, 6) is -2.06. The van der Waals surface area contributed by atoms with Gasteiger partial charge in [0.25, 0.3) is 17.4 Å². The fraction of sp³-hybridized carbons (Fsp3) is 0.304. The summed E-state index contributed by atoms with van der Waals surface area (Å²) < 4.78 is 6.30. The zero-order chi connectivity index (χ0) is 23.4. The van der Waals surface area contributed by atoms with Crippen LogP contribution in [0.4, 0.5) is 5.69 Å². The second kappa shape index (κ2) is 10.1. The molecular formula is C23H23BrN2O6. The van der Waals surface area contributed by atoms with Gasteiger partial charge in [0.15, 0.2) is 0 Å². The number of rotatable bonds is 8. The maximum atomic E-state index is 13.0. The number of ketones is 1. The quantitative estimate of drug-likeness (QED) is 0.141. The van der Waals surface area contributed by atoms with Gasteiger partial charge < -0.3 is 14.7 Å². The Balaban J connectivity index is 2.11. The van der Waals surface area contributed by atoms with Crippen LogP contribution in [0.25, 0.3) is 5.76 Å². The van der Waals surface area contributed by atoms with Crippen molar-refractivity contribution in [3.05, 3.63) is 79.8 Å². The minimum absolute atomic E-state index is 0.00817. The number of Topliss-reactive ketones (excluding diaryl/α,β-unsaturated/α-hetero) is 1. The van der Waals surface area contributed by atoms with Gasteiger partial charge >= 0.3 is 0 Å². The molecule has 1 atom stereocenters. The molecule has 3 rings (SSSR count). The first-order chi connectivity index (χ1) is 15.2. The number of hydrogen-bond acceptors (Lipinski definition) is 6. The Labute approximate surface area is 193 Å². The average molecular weight is 503 g/mol. The maximum Gasteiger partial charge on any atom is 0.295 e.